The standard InChI is InChI=1S/C16H21NO4/c1-3-21-16(20)15(17(12-19)13(2)11-18)10-9-14-7-5-4-6-8-14/h4-8,11-13,15H,3,9-10H2,1-2H3/t13-,15?/m0/s1. The zero-order valence-electron chi connectivity index (χ0n) is 12.4. The molecule has 5 heteroatoms. The van der Waals surface area contributed by atoms with E-state index in [1.165, 1.54) is 4.90 Å². The fourth-order valence-corrected chi connectivity index (χ4v) is 2.10. The van der Waals surface area contributed by atoms with Gasteiger partial charge in [0.15, 0.2) is 0 Å². The monoisotopic (exact) mass is 291 g/mol. The van der Waals surface area contributed by atoms with Crippen molar-refractivity contribution in [2.24, 2.45) is 0 Å². The molecule has 1 aromatic carbocycles. The predicted molar refractivity (Wildman–Crippen MR) is 78.6 cm³/mol. The molecule has 0 fully saturated rings. The minimum atomic E-state index is -0.747. The number of esters is 1. The summed E-state index contributed by atoms with van der Waals surface area (Å²) in [6.07, 6.45) is 2.22. The van der Waals surface area contributed by atoms with Gasteiger partial charge in [-0.05, 0) is 32.3 Å². The van der Waals surface area contributed by atoms with E-state index < -0.39 is 18.1 Å². The van der Waals surface area contributed by atoms with Gasteiger partial charge in [0.05, 0.1) is 12.6 Å². The molecule has 0 aromatic heterocycles. The van der Waals surface area contributed by atoms with Crippen LogP contribution in [-0.4, -0.2) is 42.3 Å². The lowest BCUT2D eigenvalue weighted by Gasteiger charge is -2.29. The number of aryl methyl sites for hydroxylation is 1. The maximum absolute atomic E-state index is 12.0. The van der Waals surface area contributed by atoms with Crippen LogP contribution in [0.3, 0.4) is 0 Å². The van der Waals surface area contributed by atoms with Crippen molar-refractivity contribution in [1.82, 2.24) is 4.90 Å². The van der Waals surface area contributed by atoms with E-state index in [1.807, 2.05) is 30.3 Å². The molecule has 0 saturated heterocycles. The van der Waals surface area contributed by atoms with Crippen LogP contribution < -0.4 is 0 Å². The molecule has 0 saturated carbocycles. The van der Waals surface area contributed by atoms with Gasteiger partial charge in [0, 0.05) is 0 Å². The SMILES string of the molecule is CCOC(=O)C(CCc1ccccc1)N(C=O)[C@@H](C)C=O. The highest BCUT2D eigenvalue weighted by atomic mass is 16.5. The smallest absolute Gasteiger partial charge is 0.328 e. The molecule has 21 heavy (non-hydrogen) atoms. The van der Waals surface area contributed by atoms with Gasteiger partial charge in [-0.15, -0.1) is 0 Å². The predicted octanol–water partition coefficient (Wildman–Crippen LogP) is 1.60. The molecule has 5 nitrogen and oxygen atoms in total. The Morgan fingerprint density at radius 1 is 1.29 bits per heavy atom. The molecule has 114 valence electrons. The number of rotatable bonds is 9. The van der Waals surface area contributed by atoms with E-state index in [0.29, 0.717) is 25.5 Å². The molecule has 1 unspecified atom stereocenters. The van der Waals surface area contributed by atoms with E-state index >= 15 is 0 Å². The average molecular weight is 291 g/mol. The molecule has 1 aromatic rings. The van der Waals surface area contributed by atoms with E-state index in [-0.39, 0.29) is 6.61 Å². The number of carbonyl (C=O) groups excluding carboxylic acids is 3. The molecule has 0 radical (unpaired) electrons. The Kier molecular flexibility index (Phi) is 7.15. The summed E-state index contributed by atoms with van der Waals surface area (Å²) >= 11 is 0. The first-order valence-corrected chi connectivity index (χ1v) is 7.02. The van der Waals surface area contributed by atoms with Crippen molar-refractivity contribution < 1.29 is 19.1 Å². The minimum absolute atomic E-state index is 0.239. The van der Waals surface area contributed by atoms with Gasteiger partial charge in [-0.25, -0.2) is 4.79 Å². The summed E-state index contributed by atoms with van der Waals surface area (Å²) in [7, 11) is 0. The van der Waals surface area contributed by atoms with Crippen LogP contribution in [0, 0.1) is 0 Å². The molecule has 0 N–H and O–H groups in total. The molecule has 0 bridgehead atoms. The third-order valence-electron chi connectivity index (χ3n) is 3.26. The first-order valence-electron chi connectivity index (χ1n) is 7.02. The molecule has 2 atom stereocenters. The van der Waals surface area contributed by atoms with Crippen molar-refractivity contribution in [1.29, 1.82) is 0 Å². The Bertz CT molecular complexity index is 461. The van der Waals surface area contributed by atoms with Crippen molar-refractivity contribution in [3.8, 4) is 0 Å². The first-order chi connectivity index (χ1) is 10.1. The molecular weight excluding hydrogens is 270 g/mol. The second-order valence-electron chi connectivity index (χ2n) is 4.72. The molecule has 0 aliphatic rings. The van der Waals surface area contributed by atoms with Crippen LogP contribution in [0.2, 0.25) is 0 Å². The molecule has 0 aliphatic carbocycles. The largest absolute Gasteiger partial charge is 0.464 e. The Labute approximate surface area is 124 Å². The summed E-state index contributed by atoms with van der Waals surface area (Å²) in [4.78, 5) is 35.4. The van der Waals surface area contributed by atoms with E-state index in [4.69, 9.17) is 4.74 Å². The van der Waals surface area contributed by atoms with Gasteiger partial charge in [-0.2, -0.15) is 0 Å². The molecular formula is C16H21NO4. The summed E-state index contributed by atoms with van der Waals surface area (Å²) in [5, 5.41) is 0. The van der Waals surface area contributed by atoms with Gasteiger partial charge in [0.2, 0.25) is 6.41 Å². The van der Waals surface area contributed by atoms with Crippen LogP contribution in [0.25, 0.3) is 0 Å². The summed E-state index contributed by atoms with van der Waals surface area (Å²) in [5.74, 6) is -0.478. The zero-order chi connectivity index (χ0) is 15.7. The van der Waals surface area contributed by atoms with Crippen LogP contribution in [0.15, 0.2) is 30.3 Å². The second kappa shape index (κ2) is 8.89. The van der Waals surface area contributed by atoms with Gasteiger partial charge >= 0.3 is 5.97 Å². The lowest BCUT2D eigenvalue weighted by atomic mass is 10.0. The first kappa shape index (κ1) is 16.9. The maximum Gasteiger partial charge on any atom is 0.328 e. The molecule has 0 spiro atoms. The second-order valence-corrected chi connectivity index (χ2v) is 4.72. The van der Waals surface area contributed by atoms with Gasteiger partial charge in [-0.1, -0.05) is 30.3 Å². The Morgan fingerprint density at radius 3 is 2.48 bits per heavy atom. The highest BCUT2D eigenvalue weighted by Crippen LogP contribution is 2.13. The summed E-state index contributed by atoms with van der Waals surface area (Å²) in [6, 6.07) is 8.25. The van der Waals surface area contributed by atoms with Gasteiger partial charge in [0.25, 0.3) is 0 Å². The zero-order valence-corrected chi connectivity index (χ0v) is 12.4. The van der Waals surface area contributed by atoms with Crippen LogP contribution in [0.5, 0.6) is 0 Å². The highest BCUT2D eigenvalue weighted by Gasteiger charge is 2.29. The van der Waals surface area contributed by atoms with Gasteiger partial charge in [-0.3, -0.25) is 4.79 Å². The number of ether oxygens (including phenoxy) is 1. The third-order valence-corrected chi connectivity index (χ3v) is 3.26. The van der Waals surface area contributed by atoms with E-state index in [1.54, 1.807) is 13.8 Å². The van der Waals surface area contributed by atoms with Crippen LogP contribution >= 0.6 is 0 Å². The van der Waals surface area contributed by atoms with Crippen molar-refractivity contribution in [2.75, 3.05) is 6.61 Å². The van der Waals surface area contributed by atoms with Crippen LogP contribution in [-0.2, 0) is 25.5 Å². The Morgan fingerprint density at radius 2 is 1.95 bits per heavy atom. The quantitative estimate of drug-likeness (QED) is 0.512. The molecule has 0 heterocycles. The Hall–Kier alpha value is -2.17. The lowest BCUT2D eigenvalue weighted by molar-refractivity contribution is -0.153. The number of nitrogens with zero attached hydrogens (tertiary/aromatic N) is 1. The van der Waals surface area contributed by atoms with Crippen LogP contribution in [0.4, 0.5) is 0 Å². The molecule has 0 aliphatic heterocycles. The number of benzene rings is 1. The fourth-order valence-electron chi connectivity index (χ4n) is 2.10. The van der Waals surface area contributed by atoms with Crippen LogP contribution in [0.1, 0.15) is 25.8 Å². The number of aldehydes is 1. The summed E-state index contributed by atoms with van der Waals surface area (Å²) in [5.41, 5.74) is 1.07. The highest BCUT2D eigenvalue weighted by molar-refractivity contribution is 5.79. The van der Waals surface area contributed by atoms with Gasteiger partial charge in [0.1, 0.15) is 12.3 Å². The van der Waals surface area contributed by atoms with Gasteiger partial charge < -0.3 is 14.4 Å². The van der Waals surface area contributed by atoms with E-state index in [9.17, 15) is 14.4 Å². The third kappa shape index (κ3) is 5.02. The number of carbonyl (C=O) groups is 3. The maximum atomic E-state index is 12.0. The summed E-state index contributed by atoms with van der Waals surface area (Å²) in [6.45, 7) is 3.53. The number of amides is 1. The summed E-state index contributed by atoms with van der Waals surface area (Å²) < 4.78 is 5.01. The van der Waals surface area contributed by atoms with Crippen molar-refractivity contribution in [3.63, 3.8) is 0 Å². The van der Waals surface area contributed by atoms with E-state index in [0.717, 1.165) is 5.56 Å². The average Bonchev–Trinajstić information content (AvgIpc) is 2.51. The minimum Gasteiger partial charge on any atom is -0.464 e. The topological polar surface area (TPSA) is 63.7 Å². The Balaban J connectivity index is 2.83. The normalized spacial score (nSPS) is 13.0. The molecule has 1 amide bonds. The van der Waals surface area contributed by atoms with Crippen molar-refractivity contribution in [3.05, 3.63) is 35.9 Å². The fraction of sp³-hybridized carbons (Fsp3) is 0.438. The van der Waals surface area contributed by atoms with Crippen molar-refractivity contribution >= 4 is 18.7 Å². The van der Waals surface area contributed by atoms with Crippen molar-refractivity contribution in [2.45, 2.75) is 38.8 Å². The number of hydrogen-bond donors (Lipinski definition) is 0. The lowest BCUT2D eigenvalue weighted by Crippen LogP contribution is -2.47. The van der Waals surface area contributed by atoms with E-state index in [2.05, 4.69) is 0 Å². The molecule has 1 rings (SSSR count). The number of hydrogen-bond acceptors (Lipinski definition) is 4.